The second kappa shape index (κ2) is 8.21. The molecule has 2 aliphatic rings. The van der Waals surface area contributed by atoms with E-state index in [1.165, 1.54) is 21.3 Å². The highest BCUT2D eigenvalue weighted by Crippen LogP contribution is 2.44. The normalized spacial score (nSPS) is 19.8. The SMILES string of the molecule is COc1cc(OC)c(S(=O)(=O)N2CCC3(CCNCC3)C2)c(OC)c1.Cl. The van der Waals surface area contributed by atoms with Crippen LogP contribution in [0.2, 0.25) is 0 Å². The molecular weight excluding hydrogens is 380 g/mol. The Balaban J connectivity index is 0.00000243. The van der Waals surface area contributed by atoms with Crippen LogP contribution in [0.1, 0.15) is 19.3 Å². The zero-order valence-electron chi connectivity index (χ0n) is 15.4. The maximum atomic E-state index is 13.3. The summed E-state index contributed by atoms with van der Waals surface area (Å²) in [5.74, 6) is 0.966. The lowest BCUT2D eigenvalue weighted by Gasteiger charge is -2.33. The lowest BCUT2D eigenvalue weighted by molar-refractivity contribution is 0.218. The molecule has 2 saturated heterocycles. The maximum Gasteiger partial charge on any atom is 0.250 e. The van der Waals surface area contributed by atoms with Crippen LogP contribution in [0.4, 0.5) is 0 Å². The van der Waals surface area contributed by atoms with Crippen molar-refractivity contribution in [3.05, 3.63) is 12.1 Å². The van der Waals surface area contributed by atoms with Gasteiger partial charge in [0.15, 0.2) is 4.90 Å². The summed E-state index contributed by atoms with van der Waals surface area (Å²) in [7, 11) is 0.700. The van der Waals surface area contributed by atoms with E-state index in [1.807, 2.05) is 0 Å². The van der Waals surface area contributed by atoms with Gasteiger partial charge in [-0.25, -0.2) is 8.42 Å². The number of piperidine rings is 1. The molecule has 0 amide bonds. The van der Waals surface area contributed by atoms with E-state index in [-0.39, 0.29) is 34.2 Å². The summed E-state index contributed by atoms with van der Waals surface area (Å²) in [6.07, 6.45) is 2.92. The predicted octanol–water partition coefficient (Wildman–Crippen LogP) is 1.90. The highest BCUT2D eigenvalue weighted by atomic mass is 35.5. The van der Waals surface area contributed by atoms with Crippen LogP contribution in [-0.4, -0.2) is 60.2 Å². The molecule has 0 atom stereocenters. The first-order valence-corrected chi connectivity index (χ1v) is 9.91. The van der Waals surface area contributed by atoms with Crippen LogP contribution in [-0.2, 0) is 10.0 Å². The Morgan fingerprint density at radius 2 is 1.58 bits per heavy atom. The van der Waals surface area contributed by atoms with E-state index in [2.05, 4.69) is 5.32 Å². The second-order valence-electron chi connectivity index (χ2n) is 6.70. The van der Waals surface area contributed by atoms with Crippen molar-refractivity contribution in [1.29, 1.82) is 0 Å². The molecule has 1 spiro atoms. The third-order valence-corrected chi connectivity index (χ3v) is 7.24. The molecule has 0 aromatic heterocycles. The van der Waals surface area contributed by atoms with Crippen molar-refractivity contribution < 1.29 is 22.6 Å². The van der Waals surface area contributed by atoms with Crippen LogP contribution in [0.5, 0.6) is 17.2 Å². The Labute approximate surface area is 161 Å². The van der Waals surface area contributed by atoms with Gasteiger partial charge in [0.25, 0.3) is 10.0 Å². The van der Waals surface area contributed by atoms with Gasteiger partial charge in [-0.2, -0.15) is 4.31 Å². The van der Waals surface area contributed by atoms with E-state index in [9.17, 15) is 8.42 Å². The molecule has 148 valence electrons. The van der Waals surface area contributed by atoms with Gasteiger partial charge in [-0.3, -0.25) is 0 Å². The van der Waals surface area contributed by atoms with Gasteiger partial charge in [-0.15, -0.1) is 12.4 Å². The van der Waals surface area contributed by atoms with Crippen molar-refractivity contribution in [3.8, 4) is 17.2 Å². The van der Waals surface area contributed by atoms with E-state index in [4.69, 9.17) is 14.2 Å². The molecule has 9 heteroatoms. The average Bonchev–Trinajstić information content (AvgIpc) is 3.05. The number of rotatable bonds is 5. The van der Waals surface area contributed by atoms with Gasteiger partial charge in [0.05, 0.1) is 21.3 Å². The van der Waals surface area contributed by atoms with Crippen molar-refractivity contribution in [2.24, 2.45) is 5.41 Å². The molecule has 0 aliphatic carbocycles. The fraction of sp³-hybridized carbons (Fsp3) is 0.647. The third-order valence-electron chi connectivity index (χ3n) is 5.34. The smallest absolute Gasteiger partial charge is 0.250 e. The summed E-state index contributed by atoms with van der Waals surface area (Å²) >= 11 is 0. The van der Waals surface area contributed by atoms with Crippen LogP contribution >= 0.6 is 12.4 Å². The van der Waals surface area contributed by atoms with Crippen molar-refractivity contribution >= 4 is 22.4 Å². The average molecular weight is 407 g/mol. The minimum absolute atomic E-state index is 0. The summed E-state index contributed by atoms with van der Waals surface area (Å²) in [6.45, 7) is 2.97. The van der Waals surface area contributed by atoms with Crippen molar-refractivity contribution in [2.45, 2.75) is 24.2 Å². The first-order valence-electron chi connectivity index (χ1n) is 8.47. The van der Waals surface area contributed by atoms with E-state index in [0.29, 0.717) is 18.8 Å². The summed E-state index contributed by atoms with van der Waals surface area (Å²) in [5, 5.41) is 3.35. The number of hydrogen-bond acceptors (Lipinski definition) is 6. The minimum Gasteiger partial charge on any atom is -0.496 e. The van der Waals surface area contributed by atoms with Gasteiger partial charge in [0, 0.05) is 25.2 Å². The maximum absolute atomic E-state index is 13.3. The number of nitrogens with one attached hydrogen (secondary N) is 1. The lowest BCUT2D eigenvalue weighted by atomic mass is 9.78. The number of halogens is 1. The molecule has 7 nitrogen and oxygen atoms in total. The number of methoxy groups -OCH3 is 3. The van der Waals surface area contributed by atoms with Crippen LogP contribution < -0.4 is 19.5 Å². The summed E-state index contributed by atoms with van der Waals surface area (Å²) < 4.78 is 44.1. The first kappa shape index (κ1) is 21.1. The summed E-state index contributed by atoms with van der Waals surface area (Å²) in [4.78, 5) is 0.0734. The van der Waals surface area contributed by atoms with E-state index in [1.54, 1.807) is 16.4 Å². The number of nitrogens with zero attached hydrogens (tertiary/aromatic N) is 1. The van der Waals surface area contributed by atoms with Crippen LogP contribution in [0.25, 0.3) is 0 Å². The van der Waals surface area contributed by atoms with E-state index < -0.39 is 10.0 Å². The van der Waals surface area contributed by atoms with E-state index in [0.717, 1.165) is 32.4 Å². The van der Waals surface area contributed by atoms with Crippen LogP contribution in [0, 0.1) is 5.41 Å². The van der Waals surface area contributed by atoms with Crippen molar-refractivity contribution in [2.75, 3.05) is 47.5 Å². The molecule has 1 aromatic carbocycles. The zero-order valence-corrected chi connectivity index (χ0v) is 17.0. The largest absolute Gasteiger partial charge is 0.496 e. The quantitative estimate of drug-likeness (QED) is 0.804. The van der Waals surface area contributed by atoms with Gasteiger partial charge in [-0.05, 0) is 37.8 Å². The predicted molar refractivity (Wildman–Crippen MR) is 101 cm³/mol. The monoisotopic (exact) mass is 406 g/mol. The Bertz CT molecular complexity index is 710. The molecule has 1 aromatic rings. The Kier molecular flexibility index (Phi) is 6.65. The van der Waals surface area contributed by atoms with Crippen molar-refractivity contribution in [3.63, 3.8) is 0 Å². The van der Waals surface area contributed by atoms with Gasteiger partial charge >= 0.3 is 0 Å². The molecule has 3 rings (SSSR count). The Morgan fingerprint density at radius 1 is 1.00 bits per heavy atom. The highest BCUT2D eigenvalue weighted by Gasteiger charge is 2.44. The molecule has 2 heterocycles. The van der Waals surface area contributed by atoms with Gasteiger partial charge < -0.3 is 19.5 Å². The summed E-state index contributed by atoms with van der Waals surface area (Å²) in [5.41, 5.74) is 0.0886. The molecule has 1 N–H and O–H groups in total. The molecule has 0 bridgehead atoms. The number of hydrogen-bond donors (Lipinski definition) is 1. The Morgan fingerprint density at radius 3 is 2.08 bits per heavy atom. The van der Waals surface area contributed by atoms with Gasteiger partial charge in [-0.1, -0.05) is 0 Å². The third kappa shape index (κ3) is 3.74. The second-order valence-corrected chi connectivity index (χ2v) is 8.57. The molecule has 0 radical (unpaired) electrons. The van der Waals surface area contributed by atoms with Crippen LogP contribution in [0.3, 0.4) is 0 Å². The molecule has 2 aliphatic heterocycles. The molecule has 0 unspecified atom stereocenters. The van der Waals surface area contributed by atoms with Gasteiger partial charge in [0.1, 0.15) is 17.2 Å². The summed E-state index contributed by atoms with van der Waals surface area (Å²) in [6, 6.07) is 3.15. The fourth-order valence-electron chi connectivity index (χ4n) is 3.82. The minimum atomic E-state index is -3.72. The molecular formula is C17H27ClN2O5S. The number of sulfonamides is 1. The molecule has 26 heavy (non-hydrogen) atoms. The van der Waals surface area contributed by atoms with Crippen LogP contribution in [0.15, 0.2) is 17.0 Å². The molecule has 2 fully saturated rings. The first-order chi connectivity index (χ1) is 12.0. The highest BCUT2D eigenvalue weighted by molar-refractivity contribution is 7.89. The molecule has 0 saturated carbocycles. The Hall–Kier alpha value is -1.22. The fourth-order valence-corrected chi connectivity index (χ4v) is 5.65. The zero-order chi connectivity index (χ0) is 18.1. The van der Waals surface area contributed by atoms with Crippen molar-refractivity contribution in [1.82, 2.24) is 9.62 Å². The topological polar surface area (TPSA) is 77.1 Å². The standard InChI is InChI=1S/C17H26N2O5S.ClH/c1-22-13-10-14(23-2)16(15(11-13)24-3)25(20,21)19-9-6-17(12-19)4-7-18-8-5-17;/h10-11,18H,4-9,12H2,1-3H3;1H. The lowest BCUT2D eigenvalue weighted by Crippen LogP contribution is -2.39. The number of benzene rings is 1. The number of ether oxygens (including phenoxy) is 3. The van der Waals surface area contributed by atoms with E-state index >= 15 is 0 Å². The van der Waals surface area contributed by atoms with Gasteiger partial charge in [0.2, 0.25) is 0 Å².